The topological polar surface area (TPSA) is 105 Å². The highest BCUT2D eigenvalue weighted by Crippen LogP contribution is 2.02. The molecule has 0 aliphatic carbocycles. The van der Waals surface area contributed by atoms with Crippen molar-refractivity contribution in [3.05, 3.63) is 0 Å². The van der Waals surface area contributed by atoms with Crippen LogP contribution in [0.5, 0.6) is 0 Å². The van der Waals surface area contributed by atoms with Crippen LogP contribution in [0.4, 0.5) is 9.59 Å². The first kappa shape index (κ1) is 9.54. The van der Waals surface area contributed by atoms with Crippen molar-refractivity contribution in [1.29, 1.82) is 0 Å². The molecule has 0 saturated carbocycles. The summed E-state index contributed by atoms with van der Waals surface area (Å²) in [5, 5.41) is 0. The van der Waals surface area contributed by atoms with Gasteiger partial charge in [-0.15, -0.1) is 0 Å². The van der Waals surface area contributed by atoms with Crippen LogP contribution in [0.15, 0.2) is 0 Å². The molecule has 11 heavy (non-hydrogen) atoms. The van der Waals surface area contributed by atoms with E-state index in [9.17, 15) is 4.79 Å². The molecule has 1 aliphatic heterocycles. The van der Waals surface area contributed by atoms with E-state index in [2.05, 4.69) is 20.9 Å². The summed E-state index contributed by atoms with van der Waals surface area (Å²) < 4.78 is 8.90. The minimum Gasteiger partial charge on any atom is -0.430 e. The van der Waals surface area contributed by atoms with E-state index >= 15 is 0 Å². The zero-order chi connectivity index (χ0) is 8.85. The molecule has 6 nitrogen and oxygen atoms in total. The molecular formula is C5H10N2O4. The number of carbonyl (C=O) groups is 2. The van der Waals surface area contributed by atoms with Crippen molar-refractivity contribution in [1.82, 2.24) is 0 Å². The Morgan fingerprint density at radius 1 is 1.64 bits per heavy atom. The van der Waals surface area contributed by atoms with Gasteiger partial charge in [0, 0.05) is 0 Å². The molecule has 1 heterocycles. The lowest BCUT2D eigenvalue weighted by molar-refractivity contribution is 0.121. The second-order valence-electron chi connectivity index (χ2n) is 1.89. The molecule has 0 aromatic heterocycles. The summed E-state index contributed by atoms with van der Waals surface area (Å²) in [6.45, 7) is 2.18. The van der Waals surface area contributed by atoms with Gasteiger partial charge >= 0.3 is 12.2 Å². The molecule has 1 saturated heterocycles. The lowest BCUT2D eigenvalue weighted by atomic mass is 10.5. The van der Waals surface area contributed by atoms with Crippen molar-refractivity contribution in [2.24, 2.45) is 11.5 Å². The van der Waals surface area contributed by atoms with Crippen molar-refractivity contribution in [3.63, 3.8) is 0 Å². The van der Waals surface area contributed by atoms with Gasteiger partial charge in [-0.3, -0.25) is 0 Å². The fraction of sp³-hybridized carbons (Fsp3) is 0.600. The molecule has 4 N–H and O–H groups in total. The molecule has 1 aliphatic rings. The van der Waals surface area contributed by atoms with Crippen molar-refractivity contribution < 1.29 is 19.1 Å². The summed E-state index contributed by atoms with van der Waals surface area (Å²) in [5.41, 5.74) is 8.50. The first-order valence-corrected chi connectivity index (χ1v) is 2.90. The number of ether oxygens (including phenoxy) is 2. The maximum atomic E-state index is 10.0. The van der Waals surface area contributed by atoms with Crippen LogP contribution in [0.3, 0.4) is 0 Å². The molecule has 1 rings (SSSR count). The Kier molecular flexibility index (Phi) is 3.79. The molecule has 0 spiro atoms. The predicted octanol–water partition coefficient (Wildman–Crippen LogP) is -0.435. The number of cyclic esters (lactones) is 2. The zero-order valence-corrected chi connectivity index (χ0v) is 6.07. The van der Waals surface area contributed by atoms with Gasteiger partial charge in [0.1, 0.15) is 12.7 Å². The van der Waals surface area contributed by atoms with E-state index in [1.54, 1.807) is 6.92 Å². The lowest BCUT2D eigenvalue weighted by Gasteiger charge is -1.90. The van der Waals surface area contributed by atoms with Crippen molar-refractivity contribution >= 4 is 12.2 Å². The summed E-state index contributed by atoms with van der Waals surface area (Å²) in [6, 6.07) is -0.833. The maximum Gasteiger partial charge on any atom is 0.508 e. The second-order valence-corrected chi connectivity index (χ2v) is 1.89. The third-order valence-corrected chi connectivity index (χ3v) is 0.733. The van der Waals surface area contributed by atoms with Gasteiger partial charge in [-0.1, -0.05) is 0 Å². The molecule has 1 atom stereocenters. The second kappa shape index (κ2) is 4.37. The number of primary amides is 2. The number of amides is 2. The quantitative estimate of drug-likeness (QED) is 0.471. The number of hydrogen-bond acceptors (Lipinski definition) is 4. The molecule has 64 valence electrons. The summed E-state index contributed by atoms with van der Waals surface area (Å²) in [5.74, 6) is 0. The summed E-state index contributed by atoms with van der Waals surface area (Å²) in [6.07, 6.45) is -0.597. The van der Waals surface area contributed by atoms with E-state index in [1.165, 1.54) is 0 Å². The van der Waals surface area contributed by atoms with E-state index in [4.69, 9.17) is 4.79 Å². The van der Waals surface area contributed by atoms with Gasteiger partial charge in [0.25, 0.3) is 0 Å². The minimum atomic E-state index is -0.833. The molecule has 0 bridgehead atoms. The average Bonchev–Trinajstić information content (AvgIpc) is 2.13. The van der Waals surface area contributed by atoms with Crippen LogP contribution >= 0.6 is 0 Å². The Labute approximate surface area is 63.4 Å². The number of hydrogen-bond donors (Lipinski definition) is 2. The smallest absolute Gasteiger partial charge is 0.430 e. The number of rotatable bonds is 0. The number of urea groups is 1. The molecule has 6 heteroatoms. The fourth-order valence-electron chi connectivity index (χ4n) is 0.418. The van der Waals surface area contributed by atoms with Gasteiger partial charge in [0.15, 0.2) is 0 Å². The fourth-order valence-corrected chi connectivity index (χ4v) is 0.418. The van der Waals surface area contributed by atoms with Crippen LogP contribution in [0.2, 0.25) is 0 Å². The lowest BCUT2D eigenvalue weighted by Crippen LogP contribution is -2.18. The molecule has 0 radical (unpaired) electrons. The average molecular weight is 162 g/mol. The minimum absolute atomic E-state index is 0.0486. The Hall–Kier alpha value is -1.46. The molecule has 0 aromatic rings. The standard InChI is InChI=1S/C4H6O3.CH4N2O/c1-3-2-6-4(5)7-3;2-1(3)4/h3H,2H2,1H3;(H4,2,3,4). The molecule has 0 aromatic carbocycles. The third-order valence-electron chi connectivity index (χ3n) is 0.733. The monoisotopic (exact) mass is 162 g/mol. The Morgan fingerprint density at radius 2 is 2.09 bits per heavy atom. The maximum absolute atomic E-state index is 10.0. The van der Waals surface area contributed by atoms with Crippen molar-refractivity contribution in [3.8, 4) is 0 Å². The van der Waals surface area contributed by atoms with Crippen LogP contribution in [0, 0.1) is 0 Å². The van der Waals surface area contributed by atoms with Crippen LogP contribution in [-0.2, 0) is 9.47 Å². The highest BCUT2D eigenvalue weighted by atomic mass is 16.8. The van der Waals surface area contributed by atoms with Gasteiger partial charge in [-0.2, -0.15) is 0 Å². The van der Waals surface area contributed by atoms with Crippen LogP contribution in [0.1, 0.15) is 6.92 Å². The Morgan fingerprint density at radius 3 is 2.18 bits per heavy atom. The van der Waals surface area contributed by atoms with Crippen molar-refractivity contribution in [2.75, 3.05) is 6.61 Å². The van der Waals surface area contributed by atoms with Gasteiger partial charge in [0.2, 0.25) is 0 Å². The van der Waals surface area contributed by atoms with Crippen LogP contribution < -0.4 is 11.5 Å². The molecular weight excluding hydrogens is 152 g/mol. The summed E-state index contributed by atoms with van der Waals surface area (Å²) in [4.78, 5) is 19.0. The summed E-state index contributed by atoms with van der Waals surface area (Å²) >= 11 is 0. The first-order valence-electron chi connectivity index (χ1n) is 2.90. The largest absolute Gasteiger partial charge is 0.508 e. The van der Waals surface area contributed by atoms with Gasteiger partial charge in [-0.25, -0.2) is 9.59 Å². The summed E-state index contributed by atoms with van der Waals surface area (Å²) in [7, 11) is 0. The zero-order valence-electron chi connectivity index (χ0n) is 6.07. The van der Waals surface area contributed by atoms with Gasteiger partial charge < -0.3 is 20.9 Å². The van der Waals surface area contributed by atoms with Crippen LogP contribution in [0.25, 0.3) is 0 Å². The highest BCUT2D eigenvalue weighted by molar-refractivity contribution is 5.69. The van der Waals surface area contributed by atoms with Crippen LogP contribution in [-0.4, -0.2) is 24.9 Å². The normalized spacial score (nSPS) is 20.8. The van der Waals surface area contributed by atoms with E-state index in [-0.39, 0.29) is 6.10 Å². The van der Waals surface area contributed by atoms with E-state index < -0.39 is 12.2 Å². The molecule has 1 unspecified atom stereocenters. The molecule has 2 amide bonds. The van der Waals surface area contributed by atoms with E-state index in [0.717, 1.165) is 0 Å². The number of carbonyl (C=O) groups excluding carboxylic acids is 2. The molecule has 1 fully saturated rings. The van der Waals surface area contributed by atoms with E-state index in [0.29, 0.717) is 6.61 Å². The highest BCUT2D eigenvalue weighted by Gasteiger charge is 2.19. The van der Waals surface area contributed by atoms with E-state index in [1.807, 2.05) is 0 Å². The first-order chi connectivity index (χ1) is 5.02. The van der Waals surface area contributed by atoms with Gasteiger partial charge in [-0.05, 0) is 6.92 Å². The Bertz CT molecular complexity index is 155. The van der Waals surface area contributed by atoms with Gasteiger partial charge in [0.05, 0.1) is 0 Å². The Balaban J connectivity index is 0.000000218. The van der Waals surface area contributed by atoms with Crippen molar-refractivity contribution in [2.45, 2.75) is 13.0 Å². The number of nitrogens with two attached hydrogens (primary N) is 2. The predicted molar refractivity (Wildman–Crippen MR) is 35.7 cm³/mol. The SMILES string of the molecule is CC1COC(=O)O1.NC(N)=O. The third kappa shape index (κ3) is 6.42.